The average Bonchev–Trinajstić information content (AvgIpc) is 2.38. The first kappa shape index (κ1) is 13.4. The van der Waals surface area contributed by atoms with E-state index in [0.717, 1.165) is 12.0 Å². The van der Waals surface area contributed by atoms with Crippen LogP contribution in [0.3, 0.4) is 0 Å². The van der Waals surface area contributed by atoms with Crippen LogP contribution in [0.5, 0.6) is 0 Å². The molecule has 0 saturated heterocycles. The number of hydrogen-bond donors (Lipinski definition) is 0. The fourth-order valence-electron chi connectivity index (χ4n) is 2.99. The third-order valence-electron chi connectivity index (χ3n) is 4.06. The number of carbonyl (C=O) groups excluding carboxylic acids is 1. The maximum Gasteiger partial charge on any atom is 0.152 e. The first-order valence-corrected chi connectivity index (χ1v) is 6.99. The second kappa shape index (κ2) is 5.75. The summed E-state index contributed by atoms with van der Waals surface area (Å²) in [6.07, 6.45) is 5.98. The summed E-state index contributed by atoms with van der Waals surface area (Å²) in [5.41, 5.74) is 1.68. The minimum atomic E-state index is 0.527. The molecule has 2 nitrogen and oxygen atoms in total. The summed E-state index contributed by atoms with van der Waals surface area (Å²) in [6.45, 7) is 2.30. The molecule has 1 aliphatic carbocycles. The summed E-state index contributed by atoms with van der Waals surface area (Å²) in [7, 11) is 2.09. The standard InChI is InChI=1S/C15H20ClNO/c1-11-5-3-4-6-14(11)17(2)15-8-7-13(16)9-12(15)10-18/h7-11,14H,3-6H2,1-2H3. The topological polar surface area (TPSA) is 20.3 Å². The fourth-order valence-corrected chi connectivity index (χ4v) is 3.17. The van der Waals surface area contributed by atoms with E-state index in [1.165, 1.54) is 25.7 Å². The number of carbonyl (C=O) groups is 1. The summed E-state index contributed by atoms with van der Waals surface area (Å²) in [6, 6.07) is 6.08. The van der Waals surface area contributed by atoms with Gasteiger partial charge in [-0.25, -0.2) is 0 Å². The van der Waals surface area contributed by atoms with Gasteiger partial charge in [0.25, 0.3) is 0 Å². The number of nitrogens with zero attached hydrogens (tertiary/aromatic N) is 1. The molecule has 1 fully saturated rings. The van der Waals surface area contributed by atoms with Crippen molar-refractivity contribution in [3.63, 3.8) is 0 Å². The van der Waals surface area contributed by atoms with Gasteiger partial charge in [-0.2, -0.15) is 0 Å². The molecule has 0 spiro atoms. The number of benzene rings is 1. The molecule has 1 aliphatic rings. The monoisotopic (exact) mass is 265 g/mol. The molecule has 3 heteroatoms. The third kappa shape index (κ3) is 2.69. The maximum absolute atomic E-state index is 11.2. The zero-order chi connectivity index (χ0) is 13.1. The van der Waals surface area contributed by atoms with Crippen molar-refractivity contribution in [2.45, 2.75) is 38.6 Å². The lowest BCUT2D eigenvalue weighted by atomic mass is 9.84. The fraction of sp³-hybridized carbons (Fsp3) is 0.533. The van der Waals surface area contributed by atoms with Crippen LogP contribution >= 0.6 is 11.6 Å². The van der Waals surface area contributed by atoms with Crippen LogP contribution in [0.2, 0.25) is 5.02 Å². The van der Waals surface area contributed by atoms with Gasteiger partial charge in [0, 0.05) is 29.4 Å². The molecule has 18 heavy (non-hydrogen) atoms. The summed E-state index contributed by atoms with van der Waals surface area (Å²) < 4.78 is 0. The van der Waals surface area contributed by atoms with Gasteiger partial charge in [0.2, 0.25) is 0 Å². The highest BCUT2D eigenvalue weighted by Crippen LogP contribution is 2.32. The lowest BCUT2D eigenvalue weighted by Gasteiger charge is -2.38. The van der Waals surface area contributed by atoms with Crippen LogP contribution in [0.1, 0.15) is 43.0 Å². The zero-order valence-corrected chi connectivity index (χ0v) is 11.8. The molecule has 2 atom stereocenters. The Hall–Kier alpha value is -1.02. The van der Waals surface area contributed by atoms with Crippen molar-refractivity contribution in [1.29, 1.82) is 0 Å². The Balaban J connectivity index is 2.27. The summed E-state index contributed by atoms with van der Waals surface area (Å²) in [4.78, 5) is 13.4. The largest absolute Gasteiger partial charge is 0.371 e. The molecule has 1 aromatic carbocycles. The van der Waals surface area contributed by atoms with Crippen molar-refractivity contribution < 1.29 is 4.79 Å². The van der Waals surface area contributed by atoms with Crippen LogP contribution in [-0.2, 0) is 0 Å². The van der Waals surface area contributed by atoms with E-state index in [2.05, 4.69) is 18.9 Å². The lowest BCUT2D eigenvalue weighted by Crippen LogP contribution is -2.39. The van der Waals surface area contributed by atoms with Crippen LogP contribution in [-0.4, -0.2) is 19.4 Å². The van der Waals surface area contributed by atoms with Crippen LogP contribution in [0.15, 0.2) is 18.2 Å². The predicted octanol–water partition coefficient (Wildman–Crippen LogP) is 4.17. The van der Waals surface area contributed by atoms with E-state index >= 15 is 0 Å². The number of halogens is 1. The van der Waals surface area contributed by atoms with E-state index < -0.39 is 0 Å². The van der Waals surface area contributed by atoms with Gasteiger partial charge in [-0.3, -0.25) is 4.79 Å². The van der Waals surface area contributed by atoms with Gasteiger partial charge in [-0.1, -0.05) is 31.4 Å². The Kier molecular flexibility index (Phi) is 4.28. The molecular weight excluding hydrogens is 246 g/mol. The molecule has 2 unspecified atom stereocenters. The highest BCUT2D eigenvalue weighted by molar-refractivity contribution is 6.31. The second-order valence-corrected chi connectivity index (χ2v) is 5.70. The van der Waals surface area contributed by atoms with E-state index in [0.29, 0.717) is 22.5 Å². The molecule has 0 N–H and O–H groups in total. The van der Waals surface area contributed by atoms with Gasteiger partial charge >= 0.3 is 0 Å². The summed E-state index contributed by atoms with van der Waals surface area (Å²) in [5.74, 6) is 0.680. The second-order valence-electron chi connectivity index (χ2n) is 5.26. The third-order valence-corrected chi connectivity index (χ3v) is 4.30. The highest BCUT2D eigenvalue weighted by Gasteiger charge is 2.26. The Morgan fingerprint density at radius 3 is 2.72 bits per heavy atom. The average molecular weight is 266 g/mol. The number of hydrogen-bond acceptors (Lipinski definition) is 2. The van der Waals surface area contributed by atoms with Gasteiger partial charge in [0.05, 0.1) is 0 Å². The van der Waals surface area contributed by atoms with E-state index in [9.17, 15) is 4.79 Å². The molecule has 0 aromatic heterocycles. The summed E-state index contributed by atoms with van der Waals surface area (Å²) >= 11 is 5.94. The molecule has 2 rings (SSSR count). The van der Waals surface area contributed by atoms with Crippen molar-refractivity contribution >= 4 is 23.6 Å². The molecule has 0 bridgehead atoms. The van der Waals surface area contributed by atoms with E-state index in [1.54, 1.807) is 6.07 Å². The van der Waals surface area contributed by atoms with Gasteiger partial charge < -0.3 is 4.90 Å². The van der Waals surface area contributed by atoms with Crippen LogP contribution < -0.4 is 4.90 Å². The van der Waals surface area contributed by atoms with Gasteiger partial charge in [-0.15, -0.1) is 0 Å². The van der Waals surface area contributed by atoms with Crippen LogP contribution in [0, 0.1) is 5.92 Å². The number of anilines is 1. The first-order valence-electron chi connectivity index (χ1n) is 6.61. The quantitative estimate of drug-likeness (QED) is 0.765. The first-order chi connectivity index (χ1) is 8.63. The molecule has 0 amide bonds. The Bertz CT molecular complexity index is 433. The van der Waals surface area contributed by atoms with Gasteiger partial charge in [0.15, 0.2) is 6.29 Å². The smallest absolute Gasteiger partial charge is 0.152 e. The maximum atomic E-state index is 11.2. The molecular formula is C15H20ClNO. The normalized spacial score (nSPS) is 23.7. The Labute approximate surface area is 114 Å². The SMILES string of the molecule is CC1CCCCC1N(C)c1ccc(Cl)cc1C=O. The van der Waals surface area contributed by atoms with E-state index in [4.69, 9.17) is 11.6 Å². The van der Waals surface area contributed by atoms with Crippen molar-refractivity contribution in [3.8, 4) is 0 Å². The van der Waals surface area contributed by atoms with E-state index in [-0.39, 0.29) is 0 Å². The van der Waals surface area contributed by atoms with Crippen molar-refractivity contribution in [3.05, 3.63) is 28.8 Å². The minimum Gasteiger partial charge on any atom is -0.371 e. The van der Waals surface area contributed by atoms with Crippen LogP contribution in [0.25, 0.3) is 0 Å². The Morgan fingerprint density at radius 2 is 2.06 bits per heavy atom. The van der Waals surface area contributed by atoms with Crippen LogP contribution in [0.4, 0.5) is 5.69 Å². The molecule has 1 aromatic rings. The minimum absolute atomic E-state index is 0.527. The lowest BCUT2D eigenvalue weighted by molar-refractivity contribution is 0.112. The molecule has 0 aliphatic heterocycles. The zero-order valence-electron chi connectivity index (χ0n) is 11.0. The van der Waals surface area contributed by atoms with Crippen molar-refractivity contribution in [1.82, 2.24) is 0 Å². The van der Waals surface area contributed by atoms with E-state index in [1.807, 2.05) is 12.1 Å². The summed E-state index contributed by atoms with van der Waals surface area (Å²) in [5, 5.41) is 0.617. The predicted molar refractivity (Wildman–Crippen MR) is 76.7 cm³/mol. The Morgan fingerprint density at radius 1 is 1.33 bits per heavy atom. The van der Waals surface area contributed by atoms with Crippen molar-refractivity contribution in [2.24, 2.45) is 5.92 Å². The number of aldehydes is 1. The van der Waals surface area contributed by atoms with Gasteiger partial charge in [0.1, 0.15) is 0 Å². The molecule has 0 heterocycles. The number of rotatable bonds is 3. The van der Waals surface area contributed by atoms with Gasteiger partial charge in [-0.05, 0) is 37.0 Å². The molecule has 98 valence electrons. The van der Waals surface area contributed by atoms with Crippen molar-refractivity contribution in [2.75, 3.05) is 11.9 Å². The molecule has 1 saturated carbocycles. The highest BCUT2D eigenvalue weighted by atomic mass is 35.5. The molecule has 0 radical (unpaired) electrons.